The number of aliphatic hydroxyl groups is 1. The third-order valence-corrected chi connectivity index (χ3v) is 3.07. The molecule has 1 amide bonds. The zero-order valence-corrected chi connectivity index (χ0v) is 11.3. The van der Waals surface area contributed by atoms with E-state index in [0.29, 0.717) is 17.8 Å². The normalized spacial score (nSPS) is 20.1. The lowest BCUT2D eigenvalue weighted by Gasteiger charge is -2.24. The Morgan fingerprint density at radius 2 is 2.16 bits per heavy atom. The Bertz CT molecular complexity index is 497. The van der Waals surface area contributed by atoms with Gasteiger partial charge in [0, 0.05) is 23.3 Å². The molecule has 2 rings (SSSR count). The van der Waals surface area contributed by atoms with Crippen molar-refractivity contribution in [2.24, 2.45) is 0 Å². The van der Waals surface area contributed by atoms with Crippen LogP contribution in [-0.2, 0) is 4.79 Å². The van der Waals surface area contributed by atoms with E-state index in [2.05, 4.69) is 10.6 Å². The monoisotopic (exact) mass is 266 g/mol. The van der Waals surface area contributed by atoms with Gasteiger partial charge in [-0.05, 0) is 32.4 Å². The van der Waals surface area contributed by atoms with Crippen LogP contribution in [0.5, 0.6) is 0 Å². The minimum absolute atomic E-state index is 0.137. The highest BCUT2D eigenvalue weighted by molar-refractivity contribution is 6.02. The van der Waals surface area contributed by atoms with E-state index in [0.717, 1.165) is 0 Å². The van der Waals surface area contributed by atoms with Gasteiger partial charge in [-0.15, -0.1) is 0 Å². The zero-order valence-electron chi connectivity index (χ0n) is 11.3. The predicted octanol–water partition coefficient (Wildman–Crippen LogP) is 2.07. The molecule has 0 aliphatic carbocycles. The van der Waals surface area contributed by atoms with E-state index in [1.807, 2.05) is 20.8 Å². The number of fused-ring (bicyclic) bond motifs is 1. The average molecular weight is 266 g/mol. The number of carbonyl (C=O) groups excluding carboxylic acids is 1. The van der Waals surface area contributed by atoms with Crippen molar-refractivity contribution in [3.05, 3.63) is 29.3 Å². The second-order valence-corrected chi connectivity index (χ2v) is 5.81. The van der Waals surface area contributed by atoms with Crippen LogP contribution >= 0.6 is 0 Å². The highest BCUT2D eigenvalue weighted by Gasteiger charge is 2.34. The van der Waals surface area contributed by atoms with Crippen LogP contribution in [0, 0.1) is 0 Å². The third-order valence-electron chi connectivity index (χ3n) is 3.07. The zero-order chi connectivity index (χ0) is 14.2. The topological polar surface area (TPSA) is 61.4 Å². The van der Waals surface area contributed by atoms with Gasteiger partial charge in [0.25, 0.3) is 5.91 Å². The smallest absolute Gasteiger partial charge is 0.263 e. The van der Waals surface area contributed by atoms with Crippen LogP contribution in [0.2, 0.25) is 0 Å². The molecule has 1 aliphatic rings. The van der Waals surface area contributed by atoms with Crippen LogP contribution in [0.15, 0.2) is 18.2 Å². The van der Waals surface area contributed by atoms with Crippen molar-refractivity contribution in [1.82, 2.24) is 5.32 Å². The SMILES string of the molecule is CC(C)(C)NC[C@H](O)c1cccc2c1C(F)C(=O)N2. The molecule has 1 heterocycles. The number of amides is 1. The van der Waals surface area contributed by atoms with Gasteiger partial charge in [0.05, 0.1) is 6.10 Å². The standard InChI is InChI=1S/C14H19FN2O2/c1-14(2,3)16-7-10(18)8-5-4-6-9-11(8)12(15)13(19)17-9/h4-6,10,12,16,18H,7H2,1-3H3,(H,17,19)/t10-,12?/m0/s1. The number of aliphatic hydroxyl groups excluding tert-OH is 1. The van der Waals surface area contributed by atoms with Gasteiger partial charge in [-0.1, -0.05) is 12.1 Å². The van der Waals surface area contributed by atoms with Gasteiger partial charge in [-0.25, -0.2) is 4.39 Å². The molecule has 1 aromatic carbocycles. The maximum absolute atomic E-state index is 13.9. The maximum Gasteiger partial charge on any atom is 0.263 e. The Hall–Kier alpha value is -1.46. The molecule has 1 unspecified atom stereocenters. The van der Waals surface area contributed by atoms with Crippen molar-refractivity contribution in [2.75, 3.05) is 11.9 Å². The summed E-state index contributed by atoms with van der Waals surface area (Å²) in [5.41, 5.74) is 1.03. The van der Waals surface area contributed by atoms with Crippen molar-refractivity contribution >= 4 is 11.6 Å². The lowest BCUT2D eigenvalue weighted by atomic mass is 9.98. The number of halogens is 1. The highest BCUT2D eigenvalue weighted by atomic mass is 19.1. The van der Waals surface area contributed by atoms with E-state index in [4.69, 9.17) is 0 Å². The van der Waals surface area contributed by atoms with E-state index in [1.165, 1.54) is 0 Å². The number of nitrogens with one attached hydrogen (secondary N) is 2. The van der Waals surface area contributed by atoms with Crippen LogP contribution < -0.4 is 10.6 Å². The minimum atomic E-state index is -1.70. The summed E-state index contributed by atoms with van der Waals surface area (Å²) in [4.78, 5) is 11.3. The second kappa shape index (κ2) is 4.90. The Morgan fingerprint density at radius 3 is 2.79 bits per heavy atom. The molecule has 1 aliphatic heterocycles. The van der Waals surface area contributed by atoms with Crippen LogP contribution in [-0.4, -0.2) is 23.1 Å². The Kier molecular flexibility index (Phi) is 3.60. The molecule has 0 fully saturated rings. The number of benzene rings is 1. The number of hydrogen-bond donors (Lipinski definition) is 3. The van der Waals surface area contributed by atoms with Crippen LogP contribution in [0.4, 0.5) is 10.1 Å². The van der Waals surface area contributed by atoms with Gasteiger partial charge in [0.1, 0.15) is 0 Å². The van der Waals surface area contributed by atoms with Gasteiger partial charge >= 0.3 is 0 Å². The summed E-state index contributed by atoms with van der Waals surface area (Å²) in [6.45, 7) is 6.26. The third kappa shape index (κ3) is 2.93. The number of anilines is 1. The summed E-state index contributed by atoms with van der Waals surface area (Å²) in [7, 11) is 0. The first-order valence-electron chi connectivity index (χ1n) is 6.30. The molecule has 1 aromatic rings. The summed E-state index contributed by atoms with van der Waals surface area (Å²) in [6.07, 6.45) is -2.55. The van der Waals surface area contributed by atoms with E-state index < -0.39 is 18.2 Å². The largest absolute Gasteiger partial charge is 0.387 e. The highest BCUT2D eigenvalue weighted by Crippen LogP contribution is 2.38. The maximum atomic E-state index is 13.9. The average Bonchev–Trinajstić information content (AvgIpc) is 2.61. The van der Waals surface area contributed by atoms with E-state index >= 15 is 0 Å². The number of hydrogen-bond acceptors (Lipinski definition) is 3. The summed E-state index contributed by atoms with van der Waals surface area (Å²) in [5.74, 6) is -0.668. The van der Waals surface area contributed by atoms with Crippen molar-refractivity contribution in [3.8, 4) is 0 Å². The lowest BCUT2D eigenvalue weighted by Crippen LogP contribution is -2.38. The molecule has 19 heavy (non-hydrogen) atoms. The quantitative estimate of drug-likeness (QED) is 0.785. The van der Waals surface area contributed by atoms with Crippen molar-refractivity contribution in [2.45, 2.75) is 38.6 Å². The number of carbonyl (C=O) groups is 1. The molecule has 3 N–H and O–H groups in total. The molecule has 2 atom stereocenters. The Labute approximate surface area is 112 Å². The molecule has 0 saturated heterocycles. The molecule has 5 heteroatoms. The fourth-order valence-electron chi connectivity index (χ4n) is 2.11. The molecule has 0 bridgehead atoms. The number of β-amino-alcohol motifs (C(OH)–C–C–N with tert-alkyl or cyclic N) is 1. The molecular weight excluding hydrogens is 247 g/mol. The first-order valence-corrected chi connectivity index (χ1v) is 6.30. The Morgan fingerprint density at radius 1 is 1.47 bits per heavy atom. The second-order valence-electron chi connectivity index (χ2n) is 5.81. The summed E-state index contributed by atoms with van der Waals surface area (Å²) < 4.78 is 13.9. The predicted molar refractivity (Wildman–Crippen MR) is 71.6 cm³/mol. The van der Waals surface area contributed by atoms with Crippen LogP contribution in [0.1, 0.15) is 44.2 Å². The van der Waals surface area contributed by atoms with E-state index in [-0.39, 0.29) is 11.1 Å². The van der Waals surface area contributed by atoms with Gasteiger partial charge in [0.2, 0.25) is 6.17 Å². The van der Waals surface area contributed by atoms with Gasteiger partial charge in [-0.2, -0.15) is 0 Å². The Balaban J connectivity index is 2.22. The molecule has 0 saturated carbocycles. The number of alkyl halides is 1. The summed E-state index contributed by atoms with van der Waals surface area (Å²) in [5, 5.41) is 15.8. The van der Waals surface area contributed by atoms with Crippen molar-refractivity contribution in [3.63, 3.8) is 0 Å². The molecule has 4 nitrogen and oxygen atoms in total. The minimum Gasteiger partial charge on any atom is -0.387 e. The number of rotatable bonds is 3. The molecule has 0 aromatic heterocycles. The van der Waals surface area contributed by atoms with Gasteiger partial charge in [0.15, 0.2) is 0 Å². The van der Waals surface area contributed by atoms with Crippen LogP contribution in [0.3, 0.4) is 0 Å². The first kappa shape index (κ1) is 14.0. The van der Waals surface area contributed by atoms with Gasteiger partial charge in [-0.3, -0.25) is 4.79 Å². The first-order chi connectivity index (χ1) is 8.79. The summed E-state index contributed by atoms with van der Waals surface area (Å²) in [6, 6.07) is 4.99. The van der Waals surface area contributed by atoms with Crippen LogP contribution in [0.25, 0.3) is 0 Å². The molecule has 0 spiro atoms. The molecular formula is C14H19FN2O2. The van der Waals surface area contributed by atoms with Gasteiger partial charge < -0.3 is 15.7 Å². The van der Waals surface area contributed by atoms with Crippen molar-refractivity contribution in [1.29, 1.82) is 0 Å². The fraction of sp³-hybridized carbons (Fsp3) is 0.500. The lowest BCUT2D eigenvalue weighted by molar-refractivity contribution is -0.120. The van der Waals surface area contributed by atoms with E-state index in [9.17, 15) is 14.3 Å². The fourth-order valence-corrected chi connectivity index (χ4v) is 2.11. The van der Waals surface area contributed by atoms with E-state index in [1.54, 1.807) is 18.2 Å². The van der Waals surface area contributed by atoms with Crippen molar-refractivity contribution < 1.29 is 14.3 Å². The molecule has 0 radical (unpaired) electrons. The molecule has 104 valence electrons. The summed E-state index contributed by atoms with van der Waals surface area (Å²) >= 11 is 0.